The number of aryl methyl sites for hydroxylation is 1. The number of rotatable bonds is 3. The zero-order valence-corrected chi connectivity index (χ0v) is 12.4. The van der Waals surface area contributed by atoms with Crippen molar-refractivity contribution in [1.82, 2.24) is 14.9 Å². The third-order valence-electron chi connectivity index (χ3n) is 4.78. The lowest BCUT2D eigenvalue weighted by atomic mass is 9.92. The van der Waals surface area contributed by atoms with E-state index in [9.17, 15) is 4.79 Å². The van der Waals surface area contributed by atoms with Gasteiger partial charge in [-0.1, -0.05) is 6.92 Å². The summed E-state index contributed by atoms with van der Waals surface area (Å²) in [5.74, 6) is 2.47. The van der Waals surface area contributed by atoms with Crippen molar-refractivity contribution < 1.29 is 0 Å². The van der Waals surface area contributed by atoms with Crippen molar-refractivity contribution in [1.29, 1.82) is 0 Å². The van der Waals surface area contributed by atoms with E-state index in [1.165, 1.54) is 19.3 Å². The molecule has 0 amide bonds. The zero-order valence-electron chi connectivity index (χ0n) is 12.4. The van der Waals surface area contributed by atoms with Gasteiger partial charge < -0.3 is 5.32 Å². The van der Waals surface area contributed by atoms with Gasteiger partial charge in [0.25, 0.3) is 5.56 Å². The van der Waals surface area contributed by atoms with Crippen LogP contribution in [0.15, 0.2) is 10.9 Å². The molecule has 3 heterocycles. The van der Waals surface area contributed by atoms with Crippen molar-refractivity contribution in [3.63, 3.8) is 0 Å². The molecule has 1 saturated heterocycles. The molecule has 1 N–H and O–H groups in total. The molecule has 3 rings (SSSR count). The summed E-state index contributed by atoms with van der Waals surface area (Å²) < 4.78 is 1.87. The molecule has 4 heteroatoms. The minimum Gasteiger partial charge on any atom is -0.317 e. The Balaban J connectivity index is 1.69. The van der Waals surface area contributed by atoms with Gasteiger partial charge in [0.15, 0.2) is 0 Å². The quantitative estimate of drug-likeness (QED) is 0.914. The van der Waals surface area contributed by atoms with Gasteiger partial charge in [0, 0.05) is 24.7 Å². The molecule has 0 aromatic carbocycles. The first-order valence-electron chi connectivity index (χ1n) is 8.02. The summed E-state index contributed by atoms with van der Waals surface area (Å²) in [5.41, 5.74) is 1.16. The molecule has 4 nitrogen and oxygen atoms in total. The maximum Gasteiger partial charge on any atom is 0.253 e. The van der Waals surface area contributed by atoms with Crippen LogP contribution < -0.4 is 10.9 Å². The highest BCUT2D eigenvalue weighted by Crippen LogP contribution is 2.20. The molecule has 0 radical (unpaired) electrons. The van der Waals surface area contributed by atoms with Crippen molar-refractivity contribution in [2.75, 3.05) is 13.1 Å². The fourth-order valence-electron chi connectivity index (χ4n) is 3.41. The number of hydrogen-bond acceptors (Lipinski definition) is 3. The monoisotopic (exact) mass is 275 g/mol. The van der Waals surface area contributed by atoms with Crippen molar-refractivity contribution in [3.05, 3.63) is 27.9 Å². The highest BCUT2D eigenvalue weighted by Gasteiger charge is 2.19. The van der Waals surface area contributed by atoms with Crippen LogP contribution in [0.3, 0.4) is 0 Å². The molecule has 1 aromatic rings. The van der Waals surface area contributed by atoms with Gasteiger partial charge >= 0.3 is 0 Å². The van der Waals surface area contributed by atoms with Crippen molar-refractivity contribution in [3.8, 4) is 0 Å². The number of piperidine rings is 1. The molecule has 0 saturated carbocycles. The second-order valence-electron chi connectivity index (χ2n) is 6.48. The number of fused-ring (bicyclic) bond motifs is 1. The average Bonchev–Trinajstić information content (AvgIpc) is 2.46. The Morgan fingerprint density at radius 3 is 2.95 bits per heavy atom. The summed E-state index contributed by atoms with van der Waals surface area (Å²) in [6.45, 7) is 5.37. The number of aromatic nitrogens is 2. The summed E-state index contributed by atoms with van der Waals surface area (Å²) in [4.78, 5) is 16.9. The second kappa shape index (κ2) is 6.08. The molecular formula is C16H25N3O. The van der Waals surface area contributed by atoms with Crippen LogP contribution in [0, 0.1) is 11.8 Å². The summed E-state index contributed by atoms with van der Waals surface area (Å²) >= 11 is 0. The molecule has 2 aliphatic rings. The first-order valence-corrected chi connectivity index (χ1v) is 8.02. The largest absolute Gasteiger partial charge is 0.317 e. The molecule has 1 atom stereocenters. The highest BCUT2D eigenvalue weighted by molar-refractivity contribution is 5.07. The maximum atomic E-state index is 12.2. The Hall–Kier alpha value is -1.16. The lowest BCUT2D eigenvalue weighted by Crippen LogP contribution is -2.31. The van der Waals surface area contributed by atoms with Crippen LogP contribution in [0.4, 0.5) is 0 Å². The molecule has 1 fully saturated rings. The predicted molar refractivity (Wildman–Crippen MR) is 79.9 cm³/mol. The Labute approximate surface area is 120 Å². The lowest BCUT2D eigenvalue weighted by Gasteiger charge is -2.24. The molecule has 0 aliphatic carbocycles. The van der Waals surface area contributed by atoms with E-state index in [4.69, 9.17) is 4.98 Å². The van der Waals surface area contributed by atoms with Gasteiger partial charge in [0.05, 0.1) is 0 Å². The van der Waals surface area contributed by atoms with Crippen molar-refractivity contribution in [2.45, 2.75) is 52.0 Å². The Kier molecular flexibility index (Phi) is 4.20. The van der Waals surface area contributed by atoms with Crippen LogP contribution in [-0.2, 0) is 19.4 Å². The van der Waals surface area contributed by atoms with E-state index in [0.29, 0.717) is 5.92 Å². The minimum absolute atomic E-state index is 0.155. The van der Waals surface area contributed by atoms with E-state index in [-0.39, 0.29) is 5.56 Å². The Morgan fingerprint density at radius 2 is 2.15 bits per heavy atom. The van der Waals surface area contributed by atoms with Gasteiger partial charge in [-0.05, 0) is 57.0 Å². The first-order chi connectivity index (χ1) is 9.72. The third-order valence-corrected chi connectivity index (χ3v) is 4.78. The van der Waals surface area contributed by atoms with E-state index in [2.05, 4.69) is 12.2 Å². The molecule has 1 aromatic heterocycles. The summed E-state index contributed by atoms with van der Waals surface area (Å²) in [6.07, 6.45) is 6.72. The van der Waals surface area contributed by atoms with Crippen LogP contribution in [0.2, 0.25) is 0 Å². The SMILES string of the molecule is CC1CCn2c(nc(CCC3CCNCC3)cc2=O)C1. The van der Waals surface area contributed by atoms with Crippen LogP contribution in [0.25, 0.3) is 0 Å². The number of hydrogen-bond donors (Lipinski definition) is 1. The maximum absolute atomic E-state index is 12.2. The molecule has 0 bridgehead atoms. The summed E-state index contributed by atoms with van der Waals surface area (Å²) in [7, 11) is 0. The topological polar surface area (TPSA) is 46.9 Å². The minimum atomic E-state index is 0.155. The lowest BCUT2D eigenvalue weighted by molar-refractivity contribution is 0.351. The van der Waals surface area contributed by atoms with Crippen LogP contribution in [0.5, 0.6) is 0 Å². The van der Waals surface area contributed by atoms with Crippen molar-refractivity contribution >= 4 is 0 Å². The van der Waals surface area contributed by atoms with Gasteiger partial charge in [-0.25, -0.2) is 4.98 Å². The summed E-state index contributed by atoms with van der Waals surface area (Å²) in [5, 5.41) is 3.40. The van der Waals surface area contributed by atoms with Gasteiger partial charge in [0.2, 0.25) is 0 Å². The predicted octanol–water partition coefficient (Wildman–Crippen LogP) is 1.76. The van der Waals surface area contributed by atoms with Gasteiger partial charge in [-0.15, -0.1) is 0 Å². The molecule has 20 heavy (non-hydrogen) atoms. The van der Waals surface area contributed by atoms with Gasteiger partial charge in [-0.2, -0.15) is 0 Å². The number of nitrogens with one attached hydrogen (secondary N) is 1. The molecular weight excluding hydrogens is 250 g/mol. The fourth-order valence-corrected chi connectivity index (χ4v) is 3.41. The zero-order chi connectivity index (χ0) is 13.9. The van der Waals surface area contributed by atoms with Crippen molar-refractivity contribution in [2.24, 2.45) is 11.8 Å². The van der Waals surface area contributed by atoms with Crippen LogP contribution in [-0.4, -0.2) is 22.6 Å². The van der Waals surface area contributed by atoms with E-state index in [1.807, 2.05) is 4.57 Å². The van der Waals surface area contributed by atoms with E-state index in [1.54, 1.807) is 6.07 Å². The smallest absolute Gasteiger partial charge is 0.253 e. The third kappa shape index (κ3) is 3.11. The standard InChI is InChI=1S/C16H25N3O/c1-12-6-9-19-15(10-12)18-14(11-16(19)20)3-2-13-4-7-17-8-5-13/h11-13,17H,2-10H2,1H3. The van der Waals surface area contributed by atoms with E-state index < -0.39 is 0 Å². The number of nitrogens with zero attached hydrogens (tertiary/aromatic N) is 2. The first kappa shape index (κ1) is 13.8. The van der Waals surface area contributed by atoms with Crippen LogP contribution >= 0.6 is 0 Å². The Morgan fingerprint density at radius 1 is 1.35 bits per heavy atom. The summed E-state index contributed by atoms with van der Waals surface area (Å²) in [6, 6.07) is 1.76. The molecule has 2 aliphatic heterocycles. The Bertz CT molecular complexity index is 517. The van der Waals surface area contributed by atoms with E-state index >= 15 is 0 Å². The van der Waals surface area contributed by atoms with Crippen LogP contribution in [0.1, 0.15) is 44.1 Å². The van der Waals surface area contributed by atoms with E-state index in [0.717, 1.165) is 56.3 Å². The molecule has 1 unspecified atom stereocenters. The molecule has 110 valence electrons. The second-order valence-corrected chi connectivity index (χ2v) is 6.48. The average molecular weight is 275 g/mol. The van der Waals surface area contributed by atoms with Gasteiger partial charge in [0.1, 0.15) is 5.82 Å². The highest BCUT2D eigenvalue weighted by atomic mass is 16.1. The van der Waals surface area contributed by atoms with Gasteiger partial charge in [-0.3, -0.25) is 9.36 Å². The fraction of sp³-hybridized carbons (Fsp3) is 0.750. The normalized spacial score (nSPS) is 23.6. The molecule has 0 spiro atoms.